The Hall–Kier alpha value is -2.81. The topological polar surface area (TPSA) is 123 Å². The Morgan fingerprint density at radius 1 is 1.36 bits per heavy atom. The van der Waals surface area contributed by atoms with Gasteiger partial charge in [0.1, 0.15) is 17.9 Å². The van der Waals surface area contributed by atoms with Gasteiger partial charge in [-0.2, -0.15) is 0 Å². The van der Waals surface area contributed by atoms with Crippen molar-refractivity contribution in [2.45, 2.75) is 31.8 Å². The molecule has 0 radical (unpaired) electrons. The molecule has 0 aliphatic carbocycles. The summed E-state index contributed by atoms with van der Waals surface area (Å²) in [6.07, 6.45) is 0.122. The van der Waals surface area contributed by atoms with Crippen molar-refractivity contribution in [2.24, 2.45) is 5.73 Å². The van der Waals surface area contributed by atoms with Gasteiger partial charge in [-0.05, 0) is 32.0 Å². The predicted molar refractivity (Wildman–Crippen MR) is 104 cm³/mol. The highest BCUT2D eigenvalue weighted by atomic mass is 16.5. The molecule has 1 aliphatic rings. The third-order valence-electron chi connectivity index (χ3n) is 4.66. The van der Waals surface area contributed by atoms with Crippen molar-refractivity contribution in [3.8, 4) is 5.75 Å². The highest BCUT2D eigenvalue weighted by Crippen LogP contribution is 2.34. The lowest BCUT2D eigenvalue weighted by Gasteiger charge is -2.36. The molecule has 28 heavy (non-hydrogen) atoms. The Bertz CT molecular complexity index is 750. The molecular formula is C19H28N4O5. The summed E-state index contributed by atoms with van der Waals surface area (Å²) in [5.74, 6) is -0.480. The second-order valence-electron chi connectivity index (χ2n) is 7.25. The highest BCUT2D eigenvalue weighted by Gasteiger charge is 2.31. The van der Waals surface area contributed by atoms with Crippen molar-refractivity contribution >= 4 is 23.4 Å². The van der Waals surface area contributed by atoms with Gasteiger partial charge in [-0.1, -0.05) is 0 Å². The normalized spacial score (nSPS) is 16.0. The van der Waals surface area contributed by atoms with Crippen molar-refractivity contribution in [3.05, 3.63) is 23.8 Å². The van der Waals surface area contributed by atoms with Crippen LogP contribution in [0.3, 0.4) is 0 Å². The molecule has 154 valence electrons. The molecule has 0 spiro atoms. The first-order chi connectivity index (χ1) is 13.2. The smallest absolute Gasteiger partial charge is 0.251 e. The van der Waals surface area contributed by atoms with Gasteiger partial charge < -0.3 is 30.7 Å². The Balaban J connectivity index is 2.07. The lowest BCUT2D eigenvalue weighted by Crippen LogP contribution is -2.54. The largest absolute Gasteiger partial charge is 0.489 e. The van der Waals surface area contributed by atoms with Crippen molar-refractivity contribution in [1.82, 2.24) is 10.6 Å². The molecule has 9 nitrogen and oxygen atoms in total. The summed E-state index contributed by atoms with van der Waals surface area (Å²) in [7, 11) is 3.41. The van der Waals surface area contributed by atoms with E-state index in [1.165, 1.54) is 0 Å². The lowest BCUT2D eigenvalue weighted by molar-refractivity contribution is -0.130. The third-order valence-corrected chi connectivity index (χ3v) is 4.66. The first-order valence-electron chi connectivity index (χ1n) is 9.03. The maximum absolute atomic E-state index is 12.3. The zero-order valence-corrected chi connectivity index (χ0v) is 16.7. The maximum atomic E-state index is 12.3. The zero-order valence-electron chi connectivity index (χ0n) is 16.7. The van der Waals surface area contributed by atoms with Crippen molar-refractivity contribution in [3.63, 3.8) is 0 Å². The minimum atomic E-state index is -1.13. The van der Waals surface area contributed by atoms with Gasteiger partial charge in [0.15, 0.2) is 0 Å². The number of likely N-dealkylation sites (N-methyl/N-ethyl adjacent to an activating group) is 1. The predicted octanol–water partition coefficient (Wildman–Crippen LogP) is 0.0302. The van der Waals surface area contributed by atoms with Gasteiger partial charge in [0.05, 0.1) is 24.8 Å². The van der Waals surface area contributed by atoms with Gasteiger partial charge in [-0.25, -0.2) is 0 Å². The SMILES string of the molecule is COCCNC(=O)c1ccc2c(c1)N(C)[C@H](CC(=O)NC(C)(C)C(N)=O)CO2. The number of ether oxygens (including phenoxy) is 2. The van der Waals surface area contributed by atoms with Crippen LogP contribution in [-0.2, 0) is 14.3 Å². The van der Waals surface area contributed by atoms with Crippen LogP contribution in [0.15, 0.2) is 18.2 Å². The number of primary amides is 1. The second kappa shape index (κ2) is 8.92. The van der Waals surface area contributed by atoms with E-state index in [4.69, 9.17) is 15.2 Å². The van der Waals surface area contributed by atoms with Crippen LogP contribution in [0.2, 0.25) is 0 Å². The number of hydrogen-bond donors (Lipinski definition) is 3. The fourth-order valence-corrected chi connectivity index (χ4v) is 2.79. The van der Waals surface area contributed by atoms with E-state index in [-0.39, 0.29) is 24.3 Å². The number of carbonyl (C=O) groups excluding carboxylic acids is 3. The highest BCUT2D eigenvalue weighted by molar-refractivity contribution is 5.96. The fourth-order valence-electron chi connectivity index (χ4n) is 2.79. The van der Waals surface area contributed by atoms with Crippen LogP contribution in [0.25, 0.3) is 0 Å². The summed E-state index contributed by atoms with van der Waals surface area (Å²) in [5.41, 5.74) is 5.38. The number of rotatable bonds is 8. The average molecular weight is 392 g/mol. The molecule has 9 heteroatoms. The van der Waals surface area contributed by atoms with Crippen LogP contribution in [0.5, 0.6) is 5.75 Å². The van der Waals surface area contributed by atoms with Gasteiger partial charge in [0.2, 0.25) is 11.8 Å². The minimum Gasteiger partial charge on any atom is -0.489 e. The molecule has 1 heterocycles. The van der Waals surface area contributed by atoms with Crippen molar-refractivity contribution < 1.29 is 23.9 Å². The molecule has 0 bridgehead atoms. The molecular weight excluding hydrogens is 364 g/mol. The summed E-state index contributed by atoms with van der Waals surface area (Å²) in [6.45, 7) is 4.26. The quantitative estimate of drug-likeness (QED) is 0.537. The standard InChI is InChI=1S/C19H28N4O5/c1-19(2,18(20)26)22-16(24)10-13-11-28-15-6-5-12(9-14(15)23(13)3)17(25)21-7-8-27-4/h5-6,9,13H,7-8,10-11H2,1-4H3,(H2,20,26)(H,21,25)(H,22,24)/t13-/m1/s1. The number of benzene rings is 1. The maximum Gasteiger partial charge on any atom is 0.251 e. The number of carbonyl (C=O) groups is 3. The summed E-state index contributed by atoms with van der Waals surface area (Å²) in [5, 5.41) is 5.40. The van der Waals surface area contributed by atoms with E-state index in [0.717, 1.165) is 5.69 Å². The molecule has 1 aliphatic heterocycles. The van der Waals surface area contributed by atoms with Gasteiger partial charge in [0.25, 0.3) is 5.91 Å². The number of anilines is 1. The van der Waals surface area contributed by atoms with Gasteiger partial charge in [-0.3, -0.25) is 14.4 Å². The number of hydrogen-bond acceptors (Lipinski definition) is 6. The number of nitrogens with zero attached hydrogens (tertiary/aromatic N) is 1. The molecule has 0 saturated heterocycles. The Morgan fingerprint density at radius 3 is 2.71 bits per heavy atom. The van der Waals surface area contributed by atoms with E-state index >= 15 is 0 Å². The molecule has 1 aromatic carbocycles. The van der Waals surface area contributed by atoms with E-state index < -0.39 is 11.4 Å². The zero-order chi connectivity index (χ0) is 20.9. The van der Waals surface area contributed by atoms with Crippen LogP contribution < -0.4 is 26.0 Å². The van der Waals surface area contributed by atoms with E-state index in [1.54, 1.807) is 39.2 Å². The van der Waals surface area contributed by atoms with E-state index in [9.17, 15) is 14.4 Å². The number of fused-ring (bicyclic) bond motifs is 1. The van der Waals surface area contributed by atoms with Crippen molar-refractivity contribution in [2.75, 3.05) is 38.8 Å². The van der Waals surface area contributed by atoms with Gasteiger partial charge in [0, 0.05) is 26.3 Å². The fraction of sp³-hybridized carbons (Fsp3) is 0.526. The summed E-state index contributed by atoms with van der Waals surface area (Å²) < 4.78 is 10.7. The Kier molecular flexibility index (Phi) is 6.85. The van der Waals surface area contributed by atoms with Crippen LogP contribution in [0.4, 0.5) is 5.69 Å². The van der Waals surface area contributed by atoms with Gasteiger partial charge >= 0.3 is 0 Å². The minimum absolute atomic E-state index is 0.122. The molecule has 4 N–H and O–H groups in total. The molecule has 0 saturated carbocycles. The first-order valence-corrected chi connectivity index (χ1v) is 9.03. The monoisotopic (exact) mass is 392 g/mol. The number of methoxy groups -OCH3 is 1. The molecule has 0 unspecified atom stereocenters. The lowest BCUT2D eigenvalue weighted by atomic mass is 10.0. The Labute approximate surface area is 164 Å². The molecule has 0 fully saturated rings. The van der Waals surface area contributed by atoms with Crippen LogP contribution >= 0.6 is 0 Å². The summed E-state index contributed by atoms with van der Waals surface area (Å²) in [4.78, 5) is 37.9. The molecule has 1 atom stereocenters. The van der Waals surface area contributed by atoms with Crippen molar-refractivity contribution in [1.29, 1.82) is 0 Å². The van der Waals surface area contributed by atoms with Gasteiger partial charge in [-0.15, -0.1) is 0 Å². The van der Waals surface area contributed by atoms with E-state index in [1.807, 2.05) is 11.9 Å². The molecule has 2 rings (SSSR count). The van der Waals surface area contributed by atoms with E-state index in [0.29, 0.717) is 31.1 Å². The number of amides is 3. The van der Waals surface area contributed by atoms with Crippen LogP contribution in [-0.4, -0.2) is 63.2 Å². The third kappa shape index (κ3) is 5.13. The number of nitrogens with two attached hydrogens (primary N) is 1. The summed E-state index contributed by atoms with van der Waals surface area (Å²) in [6, 6.07) is 4.92. The molecule has 3 amide bonds. The Morgan fingerprint density at radius 2 is 2.07 bits per heavy atom. The molecule has 1 aromatic rings. The molecule has 0 aromatic heterocycles. The first kappa shape index (κ1) is 21.5. The van der Waals surface area contributed by atoms with Crippen LogP contribution in [0.1, 0.15) is 30.6 Å². The average Bonchev–Trinajstić information content (AvgIpc) is 2.63. The van der Waals surface area contributed by atoms with Crippen LogP contribution in [0, 0.1) is 0 Å². The van der Waals surface area contributed by atoms with E-state index in [2.05, 4.69) is 10.6 Å². The number of nitrogens with one attached hydrogen (secondary N) is 2. The summed E-state index contributed by atoms with van der Waals surface area (Å²) >= 11 is 0. The second-order valence-corrected chi connectivity index (χ2v) is 7.25.